The Morgan fingerprint density at radius 3 is 3.11 bits per heavy atom. The predicted octanol–water partition coefficient (Wildman–Crippen LogP) is 1.17. The van der Waals surface area contributed by atoms with E-state index in [9.17, 15) is 0 Å². The molecule has 0 aromatic heterocycles. The molecule has 1 unspecified atom stereocenters. The minimum atomic E-state index is 0.0162. The summed E-state index contributed by atoms with van der Waals surface area (Å²) in [4.78, 5) is 3.91. The van der Waals surface area contributed by atoms with Gasteiger partial charge in [0.25, 0.3) is 0 Å². The lowest BCUT2D eigenvalue weighted by Crippen LogP contribution is -2.11. The van der Waals surface area contributed by atoms with Crippen LogP contribution in [0.4, 0.5) is 0 Å². The van der Waals surface area contributed by atoms with Crippen molar-refractivity contribution in [1.82, 2.24) is 0 Å². The van der Waals surface area contributed by atoms with Crippen molar-refractivity contribution < 1.29 is 14.9 Å². The van der Waals surface area contributed by atoms with Gasteiger partial charge in [0, 0.05) is 6.42 Å². The van der Waals surface area contributed by atoms with E-state index in [1.165, 1.54) is 0 Å². The van der Waals surface area contributed by atoms with E-state index in [0.717, 1.165) is 18.6 Å². The lowest BCUT2D eigenvalue weighted by molar-refractivity contribution is -0.255. The number of hydrogen-bond acceptors (Lipinski definition) is 3. The molecule has 0 aromatic carbocycles. The molecule has 1 fully saturated rings. The van der Waals surface area contributed by atoms with Gasteiger partial charge < -0.3 is 4.74 Å². The highest BCUT2D eigenvalue weighted by molar-refractivity contribution is 4.90. The van der Waals surface area contributed by atoms with Crippen LogP contribution in [-0.2, 0) is 9.62 Å². The molecule has 0 saturated carbocycles. The predicted molar refractivity (Wildman–Crippen MR) is 31.8 cm³/mol. The second-order valence-corrected chi connectivity index (χ2v) is 2.11. The molecule has 1 heterocycles. The molecule has 0 radical (unpaired) electrons. The Morgan fingerprint density at radius 1 is 1.89 bits per heavy atom. The zero-order chi connectivity index (χ0) is 6.69. The van der Waals surface area contributed by atoms with E-state index < -0.39 is 0 Å². The topological polar surface area (TPSA) is 38.7 Å². The van der Waals surface area contributed by atoms with Gasteiger partial charge in [-0.1, -0.05) is 6.58 Å². The highest BCUT2D eigenvalue weighted by Crippen LogP contribution is 2.20. The van der Waals surface area contributed by atoms with Crippen molar-refractivity contribution in [3.8, 4) is 0 Å². The summed E-state index contributed by atoms with van der Waals surface area (Å²) in [6, 6.07) is 0. The van der Waals surface area contributed by atoms with Gasteiger partial charge in [-0.3, -0.25) is 5.26 Å². The lowest BCUT2D eigenvalue weighted by atomic mass is 10.2. The van der Waals surface area contributed by atoms with Gasteiger partial charge in [0.05, 0.1) is 5.76 Å². The van der Waals surface area contributed by atoms with Crippen LogP contribution >= 0.6 is 0 Å². The van der Waals surface area contributed by atoms with Gasteiger partial charge in [0.2, 0.25) is 0 Å². The van der Waals surface area contributed by atoms with E-state index in [1.807, 2.05) is 0 Å². The van der Waals surface area contributed by atoms with Crippen molar-refractivity contribution in [2.75, 3.05) is 6.61 Å². The first-order valence-electron chi connectivity index (χ1n) is 2.93. The molecule has 1 saturated heterocycles. The van der Waals surface area contributed by atoms with Crippen LogP contribution in [0, 0.1) is 0 Å². The van der Waals surface area contributed by atoms with Crippen LogP contribution in [0.1, 0.15) is 12.8 Å². The van der Waals surface area contributed by atoms with Crippen LogP contribution in [0.2, 0.25) is 0 Å². The fourth-order valence-electron chi connectivity index (χ4n) is 0.876. The molecule has 0 aliphatic carbocycles. The number of ether oxygens (including phenoxy) is 1. The summed E-state index contributed by atoms with van der Waals surface area (Å²) in [5.41, 5.74) is 0. The molecule has 9 heavy (non-hydrogen) atoms. The van der Waals surface area contributed by atoms with Crippen LogP contribution < -0.4 is 0 Å². The maximum Gasteiger partial charge on any atom is 0.125 e. The zero-order valence-electron chi connectivity index (χ0n) is 5.17. The first-order valence-corrected chi connectivity index (χ1v) is 2.93. The minimum absolute atomic E-state index is 0.0162. The molecule has 1 aliphatic heterocycles. The molecule has 1 rings (SSSR count). The monoisotopic (exact) mass is 130 g/mol. The van der Waals surface area contributed by atoms with Gasteiger partial charge >= 0.3 is 0 Å². The highest BCUT2D eigenvalue weighted by Gasteiger charge is 2.18. The van der Waals surface area contributed by atoms with Gasteiger partial charge in [-0.2, -0.15) is 0 Å². The summed E-state index contributed by atoms with van der Waals surface area (Å²) >= 11 is 0. The Morgan fingerprint density at radius 2 is 2.67 bits per heavy atom. The van der Waals surface area contributed by atoms with E-state index in [1.54, 1.807) is 0 Å². The normalized spacial score (nSPS) is 26.3. The summed E-state index contributed by atoms with van der Waals surface area (Å²) in [5, 5.41) is 8.00. The summed E-state index contributed by atoms with van der Waals surface area (Å²) in [5.74, 6) is 0.789. The lowest BCUT2D eigenvalue weighted by Gasteiger charge is -2.05. The van der Waals surface area contributed by atoms with Gasteiger partial charge in [0.1, 0.15) is 12.7 Å². The number of allylic oxidation sites excluding steroid dienone is 1. The smallest absolute Gasteiger partial charge is 0.125 e. The molecule has 0 spiro atoms. The van der Waals surface area contributed by atoms with Crippen molar-refractivity contribution >= 4 is 0 Å². The molecule has 1 N–H and O–H groups in total. The summed E-state index contributed by atoms with van der Waals surface area (Å²) in [7, 11) is 0. The van der Waals surface area contributed by atoms with E-state index in [0.29, 0.717) is 0 Å². The average Bonchev–Trinajstić information content (AvgIpc) is 2.17. The van der Waals surface area contributed by atoms with Crippen molar-refractivity contribution in [3.05, 3.63) is 12.3 Å². The van der Waals surface area contributed by atoms with Crippen LogP contribution in [0.3, 0.4) is 0 Å². The quantitative estimate of drug-likeness (QED) is 0.450. The second-order valence-electron chi connectivity index (χ2n) is 2.11. The van der Waals surface area contributed by atoms with Gasteiger partial charge in [-0.25, -0.2) is 4.89 Å². The molecular formula is C6H10O3. The third-order valence-electron chi connectivity index (χ3n) is 1.34. The van der Waals surface area contributed by atoms with Crippen LogP contribution in [-0.4, -0.2) is 18.0 Å². The second kappa shape index (κ2) is 2.85. The third kappa shape index (κ3) is 1.69. The summed E-state index contributed by atoms with van der Waals surface area (Å²) in [6.45, 7) is 3.88. The Balaban J connectivity index is 2.22. The number of hydrogen-bond donors (Lipinski definition) is 1. The Bertz CT molecular complexity index is 111. The molecular weight excluding hydrogens is 120 g/mol. The first kappa shape index (κ1) is 6.58. The van der Waals surface area contributed by atoms with E-state index in [2.05, 4.69) is 11.5 Å². The molecule has 0 aromatic rings. The van der Waals surface area contributed by atoms with Crippen LogP contribution in [0.25, 0.3) is 0 Å². The molecule has 3 nitrogen and oxygen atoms in total. The standard InChI is InChI=1S/C6H10O3/c1-5-2-3-6(9-5)4-8-7/h6-7H,1-4H2. The summed E-state index contributed by atoms with van der Waals surface area (Å²) in [6.07, 6.45) is 1.80. The van der Waals surface area contributed by atoms with Crippen LogP contribution in [0.5, 0.6) is 0 Å². The fraction of sp³-hybridized carbons (Fsp3) is 0.667. The SMILES string of the molecule is C=C1CCC(COO)O1. The van der Waals surface area contributed by atoms with Gasteiger partial charge in [-0.15, -0.1) is 0 Å². The molecule has 52 valence electrons. The molecule has 1 atom stereocenters. The van der Waals surface area contributed by atoms with Gasteiger partial charge in [0.15, 0.2) is 0 Å². The first-order chi connectivity index (χ1) is 4.33. The van der Waals surface area contributed by atoms with Crippen molar-refractivity contribution in [1.29, 1.82) is 0 Å². The van der Waals surface area contributed by atoms with Crippen molar-refractivity contribution in [2.45, 2.75) is 18.9 Å². The number of rotatable bonds is 2. The Hall–Kier alpha value is -0.540. The van der Waals surface area contributed by atoms with Crippen LogP contribution in [0.15, 0.2) is 12.3 Å². The maximum atomic E-state index is 8.00. The molecule has 3 heteroatoms. The highest BCUT2D eigenvalue weighted by atomic mass is 17.1. The molecule has 0 amide bonds. The average molecular weight is 130 g/mol. The Kier molecular flexibility index (Phi) is 2.08. The Labute approximate surface area is 53.8 Å². The molecule has 0 bridgehead atoms. The van der Waals surface area contributed by atoms with Gasteiger partial charge in [-0.05, 0) is 6.42 Å². The summed E-state index contributed by atoms with van der Waals surface area (Å²) < 4.78 is 5.12. The van der Waals surface area contributed by atoms with E-state index >= 15 is 0 Å². The maximum absolute atomic E-state index is 8.00. The fourth-order valence-corrected chi connectivity index (χ4v) is 0.876. The molecule has 1 aliphatic rings. The zero-order valence-corrected chi connectivity index (χ0v) is 5.17. The van der Waals surface area contributed by atoms with E-state index in [-0.39, 0.29) is 12.7 Å². The van der Waals surface area contributed by atoms with Crippen molar-refractivity contribution in [3.63, 3.8) is 0 Å². The van der Waals surface area contributed by atoms with E-state index in [4.69, 9.17) is 9.99 Å². The van der Waals surface area contributed by atoms with Crippen molar-refractivity contribution in [2.24, 2.45) is 0 Å². The third-order valence-corrected chi connectivity index (χ3v) is 1.34. The largest absolute Gasteiger partial charge is 0.493 e. The minimum Gasteiger partial charge on any atom is -0.493 e.